The van der Waals surface area contributed by atoms with Gasteiger partial charge in [0.25, 0.3) is 5.91 Å². The molecule has 25 heavy (non-hydrogen) atoms. The van der Waals surface area contributed by atoms with E-state index in [-0.39, 0.29) is 17.6 Å². The van der Waals surface area contributed by atoms with Crippen LogP contribution in [0.25, 0.3) is 10.9 Å². The van der Waals surface area contributed by atoms with Crippen molar-refractivity contribution in [1.82, 2.24) is 14.9 Å². The number of aromatic nitrogens is 2. The van der Waals surface area contributed by atoms with Gasteiger partial charge in [-0.05, 0) is 31.7 Å². The summed E-state index contributed by atoms with van der Waals surface area (Å²) in [6, 6.07) is 6.95. The number of ether oxygens (including phenoxy) is 1. The van der Waals surface area contributed by atoms with E-state index in [9.17, 15) is 14.7 Å². The van der Waals surface area contributed by atoms with E-state index < -0.39 is 17.4 Å². The van der Waals surface area contributed by atoms with Crippen molar-refractivity contribution in [3.8, 4) is 0 Å². The molecule has 2 aliphatic rings. The first-order chi connectivity index (χ1) is 12.0. The summed E-state index contributed by atoms with van der Waals surface area (Å²) in [7, 11) is 1.67. The molecule has 4 rings (SSSR count). The molecule has 2 aromatic rings. The lowest BCUT2D eigenvalue weighted by Crippen LogP contribution is -2.53. The molecule has 132 valence electrons. The average Bonchev–Trinajstić information content (AvgIpc) is 2.99. The molecule has 1 aliphatic heterocycles. The van der Waals surface area contributed by atoms with Crippen molar-refractivity contribution in [2.24, 2.45) is 0 Å². The van der Waals surface area contributed by atoms with E-state index in [0.29, 0.717) is 30.3 Å². The molecule has 0 unspecified atom stereocenters. The first-order valence-corrected chi connectivity index (χ1v) is 8.57. The molecule has 2 fully saturated rings. The first kappa shape index (κ1) is 16.2. The van der Waals surface area contributed by atoms with Gasteiger partial charge in [0.15, 0.2) is 0 Å². The van der Waals surface area contributed by atoms with Crippen LogP contribution in [-0.2, 0) is 4.74 Å². The predicted molar refractivity (Wildman–Crippen MR) is 91.4 cm³/mol. The summed E-state index contributed by atoms with van der Waals surface area (Å²) in [6.07, 6.45) is 2.18. The third kappa shape index (κ3) is 2.54. The summed E-state index contributed by atoms with van der Waals surface area (Å²) in [5.74, 6) is -0.277. The number of benzene rings is 1. The maximum Gasteiger partial charge on any atom is 0.346 e. The van der Waals surface area contributed by atoms with Gasteiger partial charge in [-0.15, -0.1) is 0 Å². The number of aliphatic hydroxyl groups is 1. The molecular weight excluding hydrogens is 322 g/mol. The summed E-state index contributed by atoms with van der Waals surface area (Å²) in [4.78, 5) is 33.4. The van der Waals surface area contributed by atoms with Gasteiger partial charge >= 0.3 is 5.69 Å². The van der Waals surface area contributed by atoms with E-state index in [1.807, 2.05) is 6.07 Å². The van der Waals surface area contributed by atoms with E-state index >= 15 is 0 Å². The van der Waals surface area contributed by atoms with Gasteiger partial charge in [-0.25, -0.2) is 4.79 Å². The molecule has 1 aliphatic carbocycles. The topological polar surface area (TPSA) is 95.5 Å². The van der Waals surface area contributed by atoms with Crippen molar-refractivity contribution in [1.29, 1.82) is 0 Å². The Morgan fingerprint density at radius 2 is 2.20 bits per heavy atom. The summed E-state index contributed by atoms with van der Waals surface area (Å²) in [6.45, 7) is 0.535. The molecule has 1 aromatic heterocycles. The van der Waals surface area contributed by atoms with E-state index in [2.05, 4.69) is 9.97 Å². The van der Waals surface area contributed by atoms with Gasteiger partial charge in [0.1, 0.15) is 5.69 Å². The molecule has 2 heterocycles. The van der Waals surface area contributed by atoms with Crippen LogP contribution in [0.5, 0.6) is 0 Å². The van der Waals surface area contributed by atoms with Crippen molar-refractivity contribution in [2.45, 2.75) is 43.4 Å². The van der Waals surface area contributed by atoms with Crippen LogP contribution in [0, 0.1) is 0 Å². The number of nitrogens with one attached hydrogen (secondary N) is 1. The van der Waals surface area contributed by atoms with E-state index in [1.165, 1.54) is 0 Å². The summed E-state index contributed by atoms with van der Waals surface area (Å²) in [5.41, 5.74) is -0.202. The van der Waals surface area contributed by atoms with Crippen molar-refractivity contribution < 1.29 is 14.6 Å². The zero-order valence-corrected chi connectivity index (χ0v) is 14.1. The number of methoxy groups -OCH3 is 1. The van der Waals surface area contributed by atoms with Gasteiger partial charge < -0.3 is 19.7 Å². The maximum absolute atomic E-state index is 13.2. The highest BCUT2D eigenvalue weighted by Crippen LogP contribution is 2.43. The number of carbonyl (C=O) groups excluding carboxylic acids is 1. The minimum atomic E-state index is -0.539. The van der Waals surface area contributed by atoms with Gasteiger partial charge in [0, 0.05) is 19.0 Å². The number of carbonyl (C=O) groups is 1. The van der Waals surface area contributed by atoms with Gasteiger partial charge in [-0.2, -0.15) is 4.98 Å². The van der Waals surface area contributed by atoms with Crippen LogP contribution in [0.15, 0.2) is 29.1 Å². The lowest BCUT2D eigenvalue weighted by molar-refractivity contribution is -0.0824. The minimum Gasteiger partial charge on any atom is -0.393 e. The average molecular weight is 343 g/mol. The van der Waals surface area contributed by atoms with Crippen LogP contribution >= 0.6 is 0 Å². The Balaban J connectivity index is 1.76. The number of hydrogen-bond donors (Lipinski definition) is 2. The fourth-order valence-electron chi connectivity index (χ4n) is 4.32. The number of amides is 1. The van der Waals surface area contributed by atoms with Crippen molar-refractivity contribution >= 4 is 16.8 Å². The molecule has 7 heteroatoms. The fraction of sp³-hybridized carbons (Fsp3) is 0.500. The van der Waals surface area contributed by atoms with Gasteiger partial charge in [0.05, 0.1) is 23.3 Å². The fourth-order valence-corrected chi connectivity index (χ4v) is 4.32. The van der Waals surface area contributed by atoms with Crippen LogP contribution in [0.3, 0.4) is 0 Å². The number of aromatic amines is 1. The van der Waals surface area contributed by atoms with E-state index in [1.54, 1.807) is 30.2 Å². The number of fused-ring (bicyclic) bond motifs is 2. The zero-order chi connectivity index (χ0) is 17.6. The monoisotopic (exact) mass is 343 g/mol. The Labute approximate surface area is 144 Å². The molecule has 0 spiro atoms. The summed E-state index contributed by atoms with van der Waals surface area (Å²) >= 11 is 0. The lowest BCUT2D eigenvalue weighted by Gasteiger charge is -2.42. The highest BCUT2D eigenvalue weighted by atomic mass is 16.5. The third-order valence-corrected chi connectivity index (χ3v) is 5.66. The standard InChI is InChI=1S/C18H21N3O4/c1-25-18-7-6-11(22)10-14(18)21(9-8-18)16(23)15-12-4-2-3-5-13(12)19-17(24)20-15/h2-5,11,14,22H,6-10H2,1H3,(H,19,20,24)/t11-,14+,18-/m1/s1. The maximum atomic E-state index is 13.2. The van der Waals surface area contributed by atoms with Crippen molar-refractivity contribution in [3.05, 3.63) is 40.4 Å². The zero-order valence-electron chi connectivity index (χ0n) is 14.1. The SMILES string of the molecule is CO[C@@]12CC[C@@H](O)C[C@@H]1N(C(=O)c1nc(=O)[nH]c3ccccc13)CC2. The van der Waals surface area contributed by atoms with Crippen LogP contribution in [-0.4, -0.2) is 57.3 Å². The molecule has 3 atom stereocenters. The molecule has 1 amide bonds. The number of H-pyrrole nitrogens is 1. The van der Waals surface area contributed by atoms with Crippen LogP contribution in [0.1, 0.15) is 36.2 Å². The summed E-state index contributed by atoms with van der Waals surface area (Å²) < 4.78 is 5.79. The first-order valence-electron chi connectivity index (χ1n) is 8.57. The highest BCUT2D eigenvalue weighted by Gasteiger charge is 2.52. The second-order valence-electron chi connectivity index (χ2n) is 6.90. The van der Waals surface area contributed by atoms with Crippen molar-refractivity contribution in [2.75, 3.05) is 13.7 Å². The van der Waals surface area contributed by atoms with Crippen LogP contribution < -0.4 is 5.69 Å². The number of aliphatic hydroxyl groups excluding tert-OH is 1. The molecule has 1 saturated carbocycles. The Kier molecular flexibility index (Phi) is 3.85. The molecule has 1 aromatic carbocycles. The Bertz CT molecular complexity index is 880. The van der Waals surface area contributed by atoms with E-state index in [0.717, 1.165) is 12.8 Å². The molecule has 7 nitrogen and oxygen atoms in total. The number of rotatable bonds is 2. The predicted octanol–water partition coefficient (Wildman–Crippen LogP) is 1.07. The van der Waals surface area contributed by atoms with Crippen LogP contribution in [0.4, 0.5) is 0 Å². The Morgan fingerprint density at radius 3 is 3.00 bits per heavy atom. The molecular formula is C18H21N3O4. The highest BCUT2D eigenvalue weighted by molar-refractivity contribution is 6.04. The largest absolute Gasteiger partial charge is 0.393 e. The molecule has 2 N–H and O–H groups in total. The third-order valence-electron chi connectivity index (χ3n) is 5.66. The number of likely N-dealkylation sites (tertiary alicyclic amines) is 1. The van der Waals surface area contributed by atoms with Gasteiger partial charge in [-0.1, -0.05) is 18.2 Å². The Hall–Kier alpha value is -2.25. The Morgan fingerprint density at radius 1 is 1.40 bits per heavy atom. The molecule has 1 saturated heterocycles. The van der Waals surface area contributed by atoms with Crippen molar-refractivity contribution in [3.63, 3.8) is 0 Å². The molecule has 0 bridgehead atoms. The van der Waals surface area contributed by atoms with Gasteiger partial charge in [0.2, 0.25) is 0 Å². The van der Waals surface area contributed by atoms with Gasteiger partial charge in [-0.3, -0.25) is 4.79 Å². The number of para-hydroxylation sites is 1. The second-order valence-corrected chi connectivity index (χ2v) is 6.90. The quantitative estimate of drug-likeness (QED) is 0.850. The van der Waals surface area contributed by atoms with Crippen LogP contribution in [0.2, 0.25) is 0 Å². The molecule has 0 radical (unpaired) electrons. The minimum absolute atomic E-state index is 0.159. The summed E-state index contributed by atoms with van der Waals surface area (Å²) in [5, 5.41) is 10.7. The smallest absolute Gasteiger partial charge is 0.346 e. The van der Waals surface area contributed by atoms with E-state index in [4.69, 9.17) is 4.74 Å². The number of hydrogen-bond acceptors (Lipinski definition) is 5. The second kappa shape index (κ2) is 5.93. The number of nitrogens with zero attached hydrogens (tertiary/aromatic N) is 2. The normalized spacial score (nSPS) is 29.0. The lowest BCUT2D eigenvalue weighted by atomic mass is 9.79.